The van der Waals surface area contributed by atoms with E-state index in [2.05, 4.69) is 0 Å². The molecule has 0 N–H and O–H groups in total. The first-order valence-corrected chi connectivity index (χ1v) is 10.4. The zero-order valence-corrected chi connectivity index (χ0v) is 15.9. The van der Waals surface area contributed by atoms with Gasteiger partial charge in [-0.15, -0.1) is 0 Å². The Balaban J connectivity index is 1.70. The molecule has 2 aromatic rings. The van der Waals surface area contributed by atoms with Crippen molar-refractivity contribution in [1.82, 2.24) is 4.31 Å². The summed E-state index contributed by atoms with van der Waals surface area (Å²) < 4.78 is 32.2. The van der Waals surface area contributed by atoms with E-state index in [1.807, 2.05) is 0 Å². The Morgan fingerprint density at radius 1 is 0.929 bits per heavy atom. The highest BCUT2D eigenvalue weighted by Crippen LogP contribution is 2.22. The smallest absolute Gasteiger partial charge is 0.343 e. The first-order chi connectivity index (χ1) is 13.4. The van der Waals surface area contributed by atoms with Crippen molar-refractivity contribution in [3.8, 4) is 5.75 Å². The van der Waals surface area contributed by atoms with E-state index in [-0.39, 0.29) is 21.9 Å². The van der Waals surface area contributed by atoms with E-state index in [4.69, 9.17) is 4.74 Å². The van der Waals surface area contributed by atoms with Crippen LogP contribution in [0.15, 0.2) is 53.4 Å². The van der Waals surface area contributed by atoms with Gasteiger partial charge in [0.2, 0.25) is 10.0 Å². The molecule has 0 aromatic heterocycles. The largest absolute Gasteiger partial charge is 0.423 e. The number of benzene rings is 2. The van der Waals surface area contributed by atoms with Gasteiger partial charge in [-0.2, -0.15) is 4.31 Å². The second-order valence-electron chi connectivity index (χ2n) is 6.48. The predicted molar refractivity (Wildman–Crippen MR) is 102 cm³/mol. The topological polar surface area (TPSA) is 107 Å². The number of hydrogen-bond donors (Lipinski definition) is 0. The highest BCUT2D eigenvalue weighted by atomic mass is 32.2. The molecular formula is C19H20N2O6S. The monoisotopic (exact) mass is 404 g/mol. The standard InChI is InChI=1S/C19H20N2O6S/c22-19(27-17-9-7-16(8-10-17)21(23)24)15-5-11-18(12-6-15)28(25,26)20-13-3-1-2-4-14-20/h5-12H,1-4,13-14H2. The molecule has 1 heterocycles. The molecule has 0 aliphatic carbocycles. The van der Waals surface area contributed by atoms with E-state index in [0.29, 0.717) is 13.1 Å². The number of nitrogens with zero attached hydrogens (tertiary/aromatic N) is 2. The number of hydrogen-bond acceptors (Lipinski definition) is 6. The third-order valence-corrected chi connectivity index (χ3v) is 6.46. The van der Waals surface area contributed by atoms with Crippen LogP contribution in [-0.2, 0) is 10.0 Å². The molecule has 0 saturated carbocycles. The van der Waals surface area contributed by atoms with Gasteiger partial charge in [-0.3, -0.25) is 10.1 Å². The maximum absolute atomic E-state index is 12.8. The van der Waals surface area contributed by atoms with Crippen molar-refractivity contribution in [3.63, 3.8) is 0 Å². The molecule has 1 fully saturated rings. The predicted octanol–water partition coefficient (Wildman–Crippen LogP) is 3.38. The fraction of sp³-hybridized carbons (Fsp3) is 0.316. The zero-order chi connectivity index (χ0) is 20.1. The number of ether oxygens (including phenoxy) is 1. The molecule has 0 spiro atoms. The van der Waals surface area contributed by atoms with Crippen molar-refractivity contribution in [2.45, 2.75) is 30.6 Å². The summed E-state index contributed by atoms with van der Waals surface area (Å²) in [5, 5.41) is 10.6. The molecule has 0 atom stereocenters. The molecule has 1 aliphatic rings. The van der Waals surface area contributed by atoms with Gasteiger partial charge in [0, 0.05) is 25.2 Å². The summed E-state index contributed by atoms with van der Waals surface area (Å²) in [5.74, 6) is -0.510. The summed E-state index contributed by atoms with van der Waals surface area (Å²) >= 11 is 0. The molecule has 1 aliphatic heterocycles. The molecule has 8 nitrogen and oxygen atoms in total. The number of rotatable bonds is 5. The Morgan fingerprint density at radius 2 is 1.50 bits per heavy atom. The number of sulfonamides is 1. The molecule has 0 amide bonds. The third-order valence-electron chi connectivity index (χ3n) is 4.55. The summed E-state index contributed by atoms with van der Waals surface area (Å²) in [6.07, 6.45) is 3.75. The molecule has 2 aromatic carbocycles. The number of nitro groups is 1. The van der Waals surface area contributed by atoms with Crippen LogP contribution in [0.4, 0.5) is 5.69 Å². The van der Waals surface area contributed by atoms with Crippen LogP contribution in [0.3, 0.4) is 0 Å². The molecule has 3 rings (SSSR count). The Morgan fingerprint density at radius 3 is 2.04 bits per heavy atom. The summed E-state index contributed by atoms with van der Waals surface area (Å²) in [5.41, 5.74) is 0.0797. The normalized spacial score (nSPS) is 15.6. The Bertz CT molecular complexity index is 947. The van der Waals surface area contributed by atoms with Crippen molar-refractivity contribution in [1.29, 1.82) is 0 Å². The Hall–Kier alpha value is -2.78. The van der Waals surface area contributed by atoms with Crippen LogP contribution >= 0.6 is 0 Å². The Kier molecular flexibility index (Phi) is 6.05. The fourth-order valence-corrected chi connectivity index (χ4v) is 4.51. The van der Waals surface area contributed by atoms with E-state index in [0.717, 1.165) is 25.7 Å². The van der Waals surface area contributed by atoms with Crippen LogP contribution in [0.1, 0.15) is 36.0 Å². The van der Waals surface area contributed by atoms with Crippen molar-refractivity contribution < 1.29 is 22.9 Å². The number of carbonyl (C=O) groups is 1. The first-order valence-electron chi connectivity index (χ1n) is 8.95. The van der Waals surface area contributed by atoms with Gasteiger partial charge in [0.15, 0.2) is 0 Å². The van der Waals surface area contributed by atoms with Gasteiger partial charge < -0.3 is 4.74 Å². The minimum Gasteiger partial charge on any atom is -0.423 e. The van der Waals surface area contributed by atoms with Crippen LogP contribution in [0.2, 0.25) is 0 Å². The summed E-state index contributed by atoms with van der Waals surface area (Å²) in [6.45, 7) is 1.01. The first kappa shape index (κ1) is 20.0. The molecule has 28 heavy (non-hydrogen) atoms. The number of esters is 1. The van der Waals surface area contributed by atoms with Crippen molar-refractivity contribution >= 4 is 21.7 Å². The maximum atomic E-state index is 12.8. The third kappa shape index (κ3) is 4.55. The molecule has 148 valence electrons. The molecule has 1 saturated heterocycles. The van der Waals surface area contributed by atoms with E-state index in [1.54, 1.807) is 0 Å². The van der Waals surface area contributed by atoms with Crippen molar-refractivity contribution in [3.05, 3.63) is 64.2 Å². The lowest BCUT2D eigenvalue weighted by atomic mass is 10.2. The van der Waals surface area contributed by atoms with E-state index in [9.17, 15) is 23.3 Å². The molecule has 0 unspecified atom stereocenters. The lowest BCUT2D eigenvalue weighted by molar-refractivity contribution is -0.384. The summed E-state index contributed by atoms with van der Waals surface area (Å²) in [6, 6.07) is 10.7. The van der Waals surface area contributed by atoms with Gasteiger partial charge >= 0.3 is 5.97 Å². The maximum Gasteiger partial charge on any atom is 0.343 e. The zero-order valence-electron chi connectivity index (χ0n) is 15.1. The highest BCUT2D eigenvalue weighted by molar-refractivity contribution is 7.89. The number of carbonyl (C=O) groups excluding carboxylic acids is 1. The average molecular weight is 404 g/mol. The minimum absolute atomic E-state index is 0.108. The van der Waals surface area contributed by atoms with E-state index < -0.39 is 20.9 Å². The highest BCUT2D eigenvalue weighted by Gasteiger charge is 2.25. The van der Waals surface area contributed by atoms with Gasteiger partial charge in [0.05, 0.1) is 15.4 Å². The van der Waals surface area contributed by atoms with Crippen LogP contribution < -0.4 is 4.74 Å². The quantitative estimate of drug-likeness (QED) is 0.327. The lowest BCUT2D eigenvalue weighted by Gasteiger charge is -2.19. The van der Waals surface area contributed by atoms with Gasteiger partial charge in [0.1, 0.15) is 5.75 Å². The van der Waals surface area contributed by atoms with Gasteiger partial charge in [0.25, 0.3) is 5.69 Å². The number of non-ortho nitro benzene ring substituents is 1. The number of nitro benzene ring substituents is 1. The van der Waals surface area contributed by atoms with Crippen LogP contribution in [-0.4, -0.2) is 36.7 Å². The summed E-state index contributed by atoms with van der Waals surface area (Å²) in [4.78, 5) is 22.5. The molecular weight excluding hydrogens is 384 g/mol. The van der Waals surface area contributed by atoms with Crippen molar-refractivity contribution in [2.24, 2.45) is 0 Å². The van der Waals surface area contributed by atoms with Gasteiger partial charge in [-0.25, -0.2) is 13.2 Å². The summed E-state index contributed by atoms with van der Waals surface area (Å²) in [7, 11) is -3.58. The van der Waals surface area contributed by atoms with Crippen LogP contribution in [0.5, 0.6) is 5.75 Å². The van der Waals surface area contributed by atoms with Gasteiger partial charge in [-0.1, -0.05) is 12.8 Å². The molecule has 0 bridgehead atoms. The van der Waals surface area contributed by atoms with E-state index in [1.165, 1.54) is 52.8 Å². The lowest BCUT2D eigenvalue weighted by Crippen LogP contribution is -2.31. The van der Waals surface area contributed by atoms with Crippen molar-refractivity contribution in [2.75, 3.05) is 13.1 Å². The molecule has 9 heteroatoms. The van der Waals surface area contributed by atoms with Crippen LogP contribution in [0, 0.1) is 10.1 Å². The fourth-order valence-electron chi connectivity index (χ4n) is 3.00. The van der Waals surface area contributed by atoms with Gasteiger partial charge in [-0.05, 0) is 49.2 Å². The average Bonchev–Trinajstić information content (AvgIpc) is 2.98. The van der Waals surface area contributed by atoms with E-state index >= 15 is 0 Å². The molecule has 0 radical (unpaired) electrons. The second-order valence-corrected chi connectivity index (χ2v) is 8.42. The Labute approximate surface area is 162 Å². The second kappa shape index (κ2) is 8.49. The van der Waals surface area contributed by atoms with Crippen LogP contribution in [0.25, 0.3) is 0 Å². The SMILES string of the molecule is O=C(Oc1ccc([N+](=O)[O-])cc1)c1ccc(S(=O)(=O)N2CCCCCC2)cc1. The minimum atomic E-state index is -3.58.